The second-order valence-electron chi connectivity index (χ2n) is 4.18. The normalized spacial score (nSPS) is 10.2. The van der Waals surface area contributed by atoms with Gasteiger partial charge in [-0.1, -0.05) is 0 Å². The van der Waals surface area contributed by atoms with Gasteiger partial charge in [0, 0.05) is 13.6 Å². The van der Waals surface area contributed by atoms with Gasteiger partial charge in [0.1, 0.15) is 11.5 Å². The summed E-state index contributed by atoms with van der Waals surface area (Å²) in [5, 5.41) is 13.7. The fourth-order valence-corrected chi connectivity index (χ4v) is 2.41. The summed E-state index contributed by atoms with van der Waals surface area (Å²) in [6, 6.07) is 6.59. The van der Waals surface area contributed by atoms with Crippen LogP contribution in [0.15, 0.2) is 35.0 Å². The molecule has 0 radical (unpaired) electrons. The van der Waals surface area contributed by atoms with E-state index in [9.17, 15) is 9.90 Å². The number of carbonyl (C=O) groups is 1. The van der Waals surface area contributed by atoms with E-state index in [1.165, 1.54) is 13.2 Å². The minimum atomic E-state index is -0.234. The molecule has 0 aliphatic carbocycles. The number of aromatic hydroxyl groups is 1. The third kappa shape index (κ3) is 3.06. The Morgan fingerprint density at radius 2 is 2.21 bits per heavy atom. The van der Waals surface area contributed by atoms with E-state index in [0.29, 0.717) is 12.3 Å². The molecule has 1 N–H and O–H groups in total. The molecule has 1 heterocycles. The van der Waals surface area contributed by atoms with Crippen molar-refractivity contribution in [1.29, 1.82) is 0 Å². The van der Waals surface area contributed by atoms with Gasteiger partial charge in [0.2, 0.25) is 0 Å². The summed E-state index contributed by atoms with van der Waals surface area (Å²) in [4.78, 5) is 13.8. The Balaban J connectivity index is 2.18. The van der Waals surface area contributed by atoms with Crippen molar-refractivity contribution in [2.24, 2.45) is 0 Å². The van der Waals surface area contributed by atoms with Gasteiger partial charge in [0.25, 0.3) is 5.91 Å². The third-order valence-corrected chi connectivity index (χ3v) is 3.51. The molecule has 19 heavy (non-hydrogen) atoms. The second kappa shape index (κ2) is 5.75. The Hall–Kier alpha value is -2.01. The van der Waals surface area contributed by atoms with Crippen molar-refractivity contribution in [2.75, 3.05) is 14.2 Å². The second-order valence-corrected chi connectivity index (χ2v) is 4.96. The number of rotatable bonds is 4. The zero-order valence-electron chi connectivity index (χ0n) is 10.8. The standard InChI is InChI=1S/C14H15NO3S/c1-15(8-10-5-6-19-9-10)14(17)12-7-11(18-2)3-4-13(12)16/h3-7,9,16H,8H2,1-2H3. The van der Waals surface area contributed by atoms with Gasteiger partial charge in [-0.25, -0.2) is 0 Å². The topological polar surface area (TPSA) is 49.8 Å². The van der Waals surface area contributed by atoms with Gasteiger partial charge in [0.15, 0.2) is 0 Å². The van der Waals surface area contributed by atoms with Crippen LogP contribution in [0.5, 0.6) is 11.5 Å². The van der Waals surface area contributed by atoms with E-state index in [1.807, 2.05) is 16.8 Å². The molecule has 1 aromatic carbocycles. The number of amides is 1. The average Bonchev–Trinajstić information content (AvgIpc) is 2.91. The number of thiophene rings is 1. The molecule has 1 amide bonds. The molecule has 0 unspecified atom stereocenters. The first-order chi connectivity index (χ1) is 9.11. The summed E-state index contributed by atoms with van der Waals surface area (Å²) in [6.45, 7) is 0.513. The number of hydrogen-bond acceptors (Lipinski definition) is 4. The van der Waals surface area contributed by atoms with Crippen LogP contribution in [0, 0.1) is 0 Å². The van der Waals surface area contributed by atoms with E-state index in [2.05, 4.69) is 0 Å². The lowest BCUT2D eigenvalue weighted by Crippen LogP contribution is -2.26. The number of carbonyl (C=O) groups excluding carboxylic acids is 1. The van der Waals surface area contributed by atoms with Gasteiger partial charge in [-0.3, -0.25) is 4.79 Å². The largest absolute Gasteiger partial charge is 0.507 e. The molecular weight excluding hydrogens is 262 g/mol. The van der Waals surface area contributed by atoms with Crippen molar-refractivity contribution in [3.8, 4) is 11.5 Å². The Kier molecular flexibility index (Phi) is 4.06. The summed E-state index contributed by atoms with van der Waals surface area (Å²) in [6.07, 6.45) is 0. The molecule has 0 bridgehead atoms. The smallest absolute Gasteiger partial charge is 0.257 e. The zero-order valence-corrected chi connectivity index (χ0v) is 11.6. The maximum atomic E-state index is 12.3. The fraction of sp³-hybridized carbons (Fsp3) is 0.214. The highest BCUT2D eigenvalue weighted by molar-refractivity contribution is 7.07. The zero-order chi connectivity index (χ0) is 13.8. The first-order valence-corrected chi connectivity index (χ1v) is 6.69. The average molecular weight is 277 g/mol. The predicted octanol–water partition coefficient (Wildman–Crippen LogP) is 2.73. The number of phenols is 1. The van der Waals surface area contributed by atoms with Crippen molar-refractivity contribution in [1.82, 2.24) is 4.90 Å². The van der Waals surface area contributed by atoms with Crippen LogP contribution in [0.3, 0.4) is 0 Å². The van der Waals surface area contributed by atoms with E-state index in [4.69, 9.17) is 4.74 Å². The minimum absolute atomic E-state index is 0.0389. The number of benzene rings is 1. The van der Waals surface area contributed by atoms with Crippen molar-refractivity contribution in [3.05, 3.63) is 46.2 Å². The molecule has 0 fully saturated rings. The molecule has 1 aromatic heterocycles. The van der Waals surface area contributed by atoms with Gasteiger partial charge in [-0.15, -0.1) is 0 Å². The highest BCUT2D eigenvalue weighted by Crippen LogP contribution is 2.24. The van der Waals surface area contributed by atoms with E-state index in [1.54, 1.807) is 35.4 Å². The molecule has 0 spiro atoms. The van der Waals surface area contributed by atoms with Gasteiger partial charge in [-0.05, 0) is 40.6 Å². The van der Waals surface area contributed by atoms with Gasteiger partial charge in [0.05, 0.1) is 12.7 Å². The molecule has 0 saturated carbocycles. The quantitative estimate of drug-likeness (QED) is 0.935. The SMILES string of the molecule is COc1ccc(O)c(C(=O)N(C)Cc2ccsc2)c1. The molecule has 100 valence electrons. The lowest BCUT2D eigenvalue weighted by molar-refractivity contribution is 0.0782. The third-order valence-electron chi connectivity index (χ3n) is 2.78. The molecule has 5 heteroatoms. The number of hydrogen-bond donors (Lipinski definition) is 1. The molecule has 0 aliphatic heterocycles. The first kappa shape index (κ1) is 13.4. The van der Waals surface area contributed by atoms with E-state index in [0.717, 1.165) is 5.56 Å². The summed E-state index contributed by atoms with van der Waals surface area (Å²) >= 11 is 1.59. The lowest BCUT2D eigenvalue weighted by atomic mass is 10.1. The molecule has 4 nitrogen and oxygen atoms in total. The number of nitrogens with zero attached hydrogens (tertiary/aromatic N) is 1. The summed E-state index contributed by atoms with van der Waals surface area (Å²) in [5.74, 6) is 0.274. The van der Waals surface area contributed by atoms with E-state index < -0.39 is 0 Å². The van der Waals surface area contributed by atoms with Crippen LogP contribution in [0.25, 0.3) is 0 Å². The van der Waals surface area contributed by atoms with Gasteiger partial charge >= 0.3 is 0 Å². The maximum Gasteiger partial charge on any atom is 0.257 e. The van der Waals surface area contributed by atoms with Crippen molar-refractivity contribution in [2.45, 2.75) is 6.54 Å². The number of methoxy groups -OCH3 is 1. The van der Waals surface area contributed by atoms with Crippen LogP contribution in [-0.4, -0.2) is 30.1 Å². The Morgan fingerprint density at radius 1 is 1.42 bits per heavy atom. The Morgan fingerprint density at radius 3 is 2.84 bits per heavy atom. The molecule has 0 saturated heterocycles. The van der Waals surface area contributed by atoms with Crippen LogP contribution < -0.4 is 4.74 Å². The van der Waals surface area contributed by atoms with E-state index >= 15 is 0 Å². The van der Waals surface area contributed by atoms with Crippen molar-refractivity contribution in [3.63, 3.8) is 0 Å². The first-order valence-electron chi connectivity index (χ1n) is 5.75. The minimum Gasteiger partial charge on any atom is -0.507 e. The lowest BCUT2D eigenvalue weighted by Gasteiger charge is -2.17. The van der Waals surface area contributed by atoms with Gasteiger partial charge in [-0.2, -0.15) is 11.3 Å². The fourth-order valence-electron chi connectivity index (χ4n) is 1.75. The molecular formula is C14H15NO3S. The van der Waals surface area contributed by atoms with E-state index in [-0.39, 0.29) is 17.2 Å². The molecule has 2 rings (SSSR count). The Labute approximate surface area is 115 Å². The molecule has 0 aliphatic rings. The monoisotopic (exact) mass is 277 g/mol. The van der Waals surface area contributed by atoms with Crippen LogP contribution in [0.1, 0.15) is 15.9 Å². The number of ether oxygens (including phenoxy) is 1. The summed E-state index contributed by atoms with van der Waals surface area (Å²) in [7, 11) is 3.23. The number of phenolic OH excluding ortho intramolecular Hbond substituents is 1. The van der Waals surface area contributed by atoms with Gasteiger partial charge < -0.3 is 14.7 Å². The maximum absolute atomic E-state index is 12.3. The van der Waals surface area contributed by atoms with Crippen molar-refractivity contribution >= 4 is 17.2 Å². The predicted molar refractivity (Wildman–Crippen MR) is 74.8 cm³/mol. The van der Waals surface area contributed by atoms with Crippen LogP contribution in [-0.2, 0) is 6.54 Å². The summed E-state index contributed by atoms with van der Waals surface area (Å²) in [5.41, 5.74) is 1.32. The molecule has 0 atom stereocenters. The summed E-state index contributed by atoms with van der Waals surface area (Å²) < 4.78 is 5.07. The molecule has 2 aromatic rings. The Bertz CT molecular complexity index is 566. The van der Waals surface area contributed by atoms with Crippen LogP contribution >= 0.6 is 11.3 Å². The highest BCUT2D eigenvalue weighted by atomic mass is 32.1. The van der Waals surface area contributed by atoms with Crippen molar-refractivity contribution < 1.29 is 14.6 Å². The van der Waals surface area contributed by atoms with Crippen LogP contribution in [0.2, 0.25) is 0 Å². The highest BCUT2D eigenvalue weighted by Gasteiger charge is 2.17. The van der Waals surface area contributed by atoms with Crippen LogP contribution in [0.4, 0.5) is 0 Å².